The third-order valence-electron chi connectivity index (χ3n) is 4.93. The predicted molar refractivity (Wildman–Crippen MR) is 108 cm³/mol. The smallest absolute Gasteiger partial charge is 0.287 e. The molecule has 0 radical (unpaired) electrons. The highest BCUT2D eigenvalue weighted by Gasteiger charge is 2.19. The number of amides is 1. The van der Waals surface area contributed by atoms with Crippen LogP contribution in [-0.2, 0) is 13.1 Å². The maximum Gasteiger partial charge on any atom is 0.287 e. The van der Waals surface area contributed by atoms with Gasteiger partial charge < -0.3 is 14.6 Å². The predicted octanol–water partition coefficient (Wildman–Crippen LogP) is 2.93. The summed E-state index contributed by atoms with van der Waals surface area (Å²) in [5, 5.41) is 2.86. The average Bonchev–Trinajstić information content (AvgIpc) is 3.22. The SMILES string of the molecule is O=C(NCc1cccnc1)c1ccc(CN2CCN(c3ccccc3)CC2)o1. The van der Waals surface area contributed by atoms with Crippen LogP contribution in [-0.4, -0.2) is 42.0 Å². The zero-order valence-electron chi connectivity index (χ0n) is 15.8. The van der Waals surface area contributed by atoms with E-state index in [1.165, 1.54) is 5.69 Å². The first kappa shape index (κ1) is 18.3. The molecule has 0 spiro atoms. The van der Waals surface area contributed by atoms with Crippen molar-refractivity contribution >= 4 is 11.6 Å². The summed E-state index contributed by atoms with van der Waals surface area (Å²) in [6.45, 7) is 5.07. The van der Waals surface area contributed by atoms with Crippen molar-refractivity contribution in [3.63, 3.8) is 0 Å². The minimum absolute atomic E-state index is 0.205. The maximum atomic E-state index is 12.3. The first-order valence-electron chi connectivity index (χ1n) is 9.56. The van der Waals surface area contributed by atoms with Gasteiger partial charge in [-0.3, -0.25) is 14.7 Å². The Kier molecular flexibility index (Phi) is 5.68. The number of para-hydroxylation sites is 1. The maximum absolute atomic E-state index is 12.3. The molecule has 1 saturated heterocycles. The van der Waals surface area contributed by atoms with Crippen LogP contribution in [0.5, 0.6) is 0 Å². The third-order valence-corrected chi connectivity index (χ3v) is 4.93. The highest BCUT2D eigenvalue weighted by Crippen LogP contribution is 2.17. The van der Waals surface area contributed by atoms with Crippen molar-refractivity contribution in [1.82, 2.24) is 15.2 Å². The number of piperazine rings is 1. The molecule has 1 fully saturated rings. The van der Waals surface area contributed by atoms with Crippen LogP contribution in [0.3, 0.4) is 0 Å². The van der Waals surface area contributed by atoms with Crippen LogP contribution in [0.15, 0.2) is 71.4 Å². The highest BCUT2D eigenvalue weighted by molar-refractivity contribution is 5.91. The van der Waals surface area contributed by atoms with Crippen molar-refractivity contribution in [2.75, 3.05) is 31.1 Å². The van der Waals surface area contributed by atoms with Gasteiger partial charge in [-0.15, -0.1) is 0 Å². The molecule has 0 bridgehead atoms. The second kappa shape index (κ2) is 8.71. The Morgan fingerprint density at radius 1 is 1.00 bits per heavy atom. The number of anilines is 1. The monoisotopic (exact) mass is 376 g/mol. The summed E-state index contributed by atoms with van der Waals surface area (Å²) in [4.78, 5) is 21.1. The van der Waals surface area contributed by atoms with Crippen LogP contribution < -0.4 is 10.2 Å². The number of carbonyl (C=O) groups excluding carboxylic acids is 1. The van der Waals surface area contributed by atoms with E-state index in [-0.39, 0.29) is 5.91 Å². The van der Waals surface area contributed by atoms with Crippen molar-refractivity contribution in [3.8, 4) is 0 Å². The topological polar surface area (TPSA) is 61.6 Å². The number of nitrogens with zero attached hydrogens (tertiary/aromatic N) is 3. The van der Waals surface area contributed by atoms with Gasteiger partial charge in [0.2, 0.25) is 0 Å². The van der Waals surface area contributed by atoms with Gasteiger partial charge in [-0.25, -0.2) is 0 Å². The summed E-state index contributed by atoms with van der Waals surface area (Å²) < 4.78 is 5.77. The Bertz CT molecular complexity index is 887. The van der Waals surface area contributed by atoms with E-state index in [4.69, 9.17) is 4.42 Å². The Hall–Kier alpha value is -3.12. The molecule has 3 heterocycles. The summed E-state index contributed by atoms with van der Waals surface area (Å²) in [7, 11) is 0. The van der Waals surface area contributed by atoms with Gasteiger partial charge in [-0.2, -0.15) is 0 Å². The molecular weight excluding hydrogens is 352 g/mol. The van der Waals surface area contributed by atoms with Crippen molar-refractivity contribution in [2.45, 2.75) is 13.1 Å². The molecule has 3 aromatic rings. The molecule has 0 aliphatic carbocycles. The summed E-state index contributed by atoms with van der Waals surface area (Å²) in [6.07, 6.45) is 3.45. The van der Waals surface area contributed by atoms with E-state index in [0.29, 0.717) is 12.3 Å². The molecular formula is C22H24N4O2. The van der Waals surface area contributed by atoms with E-state index in [1.54, 1.807) is 18.5 Å². The van der Waals surface area contributed by atoms with Gasteiger partial charge in [-0.1, -0.05) is 24.3 Å². The van der Waals surface area contributed by atoms with Crippen LogP contribution >= 0.6 is 0 Å². The lowest BCUT2D eigenvalue weighted by Gasteiger charge is -2.35. The molecule has 144 valence electrons. The molecule has 1 N–H and O–H groups in total. The van der Waals surface area contributed by atoms with Crippen LogP contribution in [0.1, 0.15) is 21.9 Å². The molecule has 28 heavy (non-hydrogen) atoms. The van der Waals surface area contributed by atoms with Gasteiger partial charge in [0.1, 0.15) is 5.76 Å². The molecule has 1 aliphatic rings. The number of hydrogen-bond donors (Lipinski definition) is 1. The molecule has 0 unspecified atom stereocenters. The van der Waals surface area contributed by atoms with E-state index in [1.807, 2.05) is 24.3 Å². The molecule has 0 atom stereocenters. The lowest BCUT2D eigenvalue weighted by molar-refractivity contribution is 0.0919. The molecule has 1 aliphatic heterocycles. The molecule has 6 nitrogen and oxygen atoms in total. The van der Waals surface area contributed by atoms with Crippen molar-refractivity contribution in [3.05, 3.63) is 84.1 Å². The Labute approximate surface area is 164 Å². The molecule has 1 aromatic carbocycles. The summed E-state index contributed by atoms with van der Waals surface area (Å²) >= 11 is 0. The van der Waals surface area contributed by atoms with E-state index in [9.17, 15) is 4.79 Å². The minimum Gasteiger partial charge on any atom is -0.455 e. The zero-order chi connectivity index (χ0) is 19.2. The van der Waals surface area contributed by atoms with E-state index in [0.717, 1.165) is 44.0 Å². The zero-order valence-corrected chi connectivity index (χ0v) is 15.8. The number of rotatable bonds is 6. The number of hydrogen-bond acceptors (Lipinski definition) is 5. The van der Waals surface area contributed by atoms with Gasteiger partial charge in [0.15, 0.2) is 5.76 Å². The summed E-state index contributed by atoms with van der Waals surface area (Å²) in [5.74, 6) is 0.963. The molecule has 2 aromatic heterocycles. The molecule has 0 saturated carbocycles. The Morgan fingerprint density at radius 2 is 1.82 bits per heavy atom. The quantitative estimate of drug-likeness (QED) is 0.717. The Morgan fingerprint density at radius 3 is 2.57 bits per heavy atom. The summed E-state index contributed by atoms with van der Waals surface area (Å²) in [6, 6.07) is 17.9. The second-order valence-electron chi connectivity index (χ2n) is 6.91. The number of carbonyl (C=O) groups is 1. The average molecular weight is 376 g/mol. The van der Waals surface area contributed by atoms with Crippen LogP contribution in [0, 0.1) is 0 Å². The number of aromatic nitrogens is 1. The lowest BCUT2D eigenvalue weighted by Crippen LogP contribution is -2.45. The second-order valence-corrected chi connectivity index (χ2v) is 6.91. The first-order valence-corrected chi connectivity index (χ1v) is 9.56. The largest absolute Gasteiger partial charge is 0.455 e. The minimum atomic E-state index is -0.205. The van der Waals surface area contributed by atoms with Crippen LogP contribution in [0.25, 0.3) is 0 Å². The van der Waals surface area contributed by atoms with Gasteiger partial charge in [-0.05, 0) is 35.9 Å². The fraction of sp³-hybridized carbons (Fsp3) is 0.273. The van der Waals surface area contributed by atoms with E-state index < -0.39 is 0 Å². The normalized spacial score (nSPS) is 14.8. The number of benzene rings is 1. The highest BCUT2D eigenvalue weighted by atomic mass is 16.4. The standard InChI is InChI=1S/C22H24N4O2/c27-22(24-16-18-5-4-10-23-15-18)21-9-8-20(28-21)17-25-11-13-26(14-12-25)19-6-2-1-3-7-19/h1-10,15H,11-14,16-17H2,(H,24,27). The van der Waals surface area contributed by atoms with Crippen molar-refractivity contribution < 1.29 is 9.21 Å². The fourth-order valence-corrected chi connectivity index (χ4v) is 3.38. The van der Waals surface area contributed by atoms with Gasteiger partial charge in [0, 0.05) is 50.8 Å². The lowest BCUT2D eigenvalue weighted by atomic mass is 10.2. The van der Waals surface area contributed by atoms with E-state index >= 15 is 0 Å². The van der Waals surface area contributed by atoms with Crippen molar-refractivity contribution in [2.24, 2.45) is 0 Å². The molecule has 1 amide bonds. The number of furan rings is 1. The number of nitrogens with one attached hydrogen (secondary N) is 1. The third kappa shape index (κ3) is 4.58. The van der Waals surface area contributed by atoms with Crippen LogP contribution in [0.2, 0.25) is 0 Å². The van der Waals surface area contributed by atoms with Crippen LogP contribution in [0.4, 0.5) is 5.69 Å². The fourth-order valence-electron chi connectivity index (χ4n) is 3.38. The van der Waals surface area contributed by atoms with Gasteiger partial charge >= 0.3 is 0 Å². The number of pyridine rings is 1. The molecule has 6 heteroatoms. The van der Waals surface area contributed by atoms with E-state index in [2.05, 4.69) is 44.4 Å². The van der Waals surface area contributed by atoms with Gasteiger partial charge in [0.05, 0.1) is 6.54 Å². The summed E-state index contributed by atoms with van der Waals surface area (Å²) in [5.41, 5.74) is 2.23. The Balaban J connectivity index is 1.26. The molecule has 4 rings (SSSR count). The van der Waals surface area contributed by atoms with Gasteiger partial charge in [0.25, 0.3) is 5.91 Å². The van der Waals surface area contributed by atoms with Crippen molar-refractivity contribution in [1.29, 1.82) is 0 Å². The first-order chi connectivity index (χ1) is 13.8.